The van der Waals surface area contributed by atoms with Crippen LogP contribution in [0.25, 0.3) is 0 Å². The minimum absolute atomic E-state index is 0.774. The molecule has 0 aliphatic carbocycles. The summed E-state index contributed by atoms with van der Waals surface area (Å²) in [6.45, 7) is 4.36. The number of rotatable bonds is 4. The molecule has 0 bridgehead atoms. The lowest BCUT2D eigenvalue weighted by molar-refractivity contribution is 0.156. The Bertz CT molecular complexity index is 346. The van der Waals surface area contributed by atoms with Crippen molar-refractivity contribution in [2.75, 3.05) is 26.7 Å². The minimum atomic E-state index is 0.774. The fourth-order valence-corrected chi connectivity index (χ4v) is 3.10. The maximum Gasteiger partial charge on any atom is 0.183 e. The Hall–Kier alpha value is 0.160. The van der Waals surface area contributed by atoms with Crippen LogP contribution < -0.4 is 5.32 Å². The normalized spacial score (nSPS) is 21.9. The first-order valence-electron chi connectivity index (χ1n) is 5.99. The number of furan rings is 1. The molecule has 5 heteroatoms. The summed E-state index contributed by atoms with van der Waals surface area (Å²) < 4.78 is 7.41. The number of likely N-dealkylation sites (tertiary alicyclic amines) is 1. The summed E-state index contributed by atoms with van der Waals surface area (Å²) in [6.07, 6.45) is 2.62. The zero-order chi connectivity index (χ0) is 12.3. The van der Waals surface area contributed by atoms with Crippen LogP contribution in [0.5, 0.6) is 0 Å². The second kappa shape index (κ2) is 6.36. The molecule has 1 atom stereocenters. The molecule has 2 heterocycles. The molecule has 3 nitrogen and oxygen atoms in total. The van der Waals surface area contributed by atoms with Crippen molar-refractivity contribution >= 4 is 31.9 Å². The van der Waals surface area contributed by atoms with Crippen LogP contribution in [0, 0.1) is 5.92 Å². The van der Waals surface area contributed by atoms with Gasteiger partial charge in [-0.15, -0.1) is 0 Å². The van der Waals surface area contributed by atoms with E-state index in [1.54, 1.807) is 0 Å². The molecular formula is C12H18Br2N2O. The summed E-state index contributed by atoms with van der Waals surface area (Å²) >= 11 is 6.82. The van der Waals surface area contributed by atoms with Crippen molar-refractivity contribution in [3.63, 3.8) is 0 Å². The van der Waals surface area contributed by atoms with Crippen LogP contribution in [0.4, 0.5) is 0 Å². The van der Waals surface area contributed by atoms with Crippen molar-refractivity contribution in [2.24, 2.45) is 5.92 Å². The van der Waals surface area contributed by atoms with E-state index in [9.17, 15) is 0 Å². The Morgan fingerprint density at radius 3 is 3.00 bits per heavy atom. The highest BCUT2D eigenvalue weighted by Crippen LogP contribution is 2.28. The summed E-state index contributed by atoms with van der Waals surface area (Å²) in [5, 5.41) is 3.27. The molecule has 0 aromatic carbocycles. The van der Waals surface area contributed by atoms with Gasteiger partial charge in [0.25, 0.3) is 0 Å². The molecule has 1 aliphatic heterocycles. The molecule has 1 aromatic rings. The molecule has 1 unspecified atom stereocenters. The van der Waals surface area contributed by atoms with E-state index in [1.165, 1.54) is 19.4 Å². The predicted octanol–water partition coefficient (Wildman–Crippen LogP) is 3.24. The second-order valence-electron chi connectivity index (χ2n) is 4.64. The van der Waals surface area contributed by atoms with Crippen molar-refractivity contribution in [1.82, 2.24) is 10.2 Å². The van der Waals surface area contributed by atoms with Gasteiger partial charge >= 0.3 is 0 Å². The van der Waals surface area contributed by atoms with Crippen LogP contribution in [-0.4, -0.2) is 31.6 Å². The number of piperidine rings is 1. The molecule has 1 N–H and O–H groups in total. The summed E-state index contributed by atoms with van der Waals surface area (Å²) in [5.74, 6) is 1.80. The number of nitrogens with one attached hydrogen (secondary N) is 1. The van der Waals surface area contributed by atoms with Gasteiger partial charge in [0, 0.05) is 6.54 Å². The largest absolute Gasteiger partial charge is 0.452 e. The lowest BCUT2D eigenvalue weighted by Gasteiger charge is -2.31. The van der Waals surface area contributed by atoms with Gasteiger partial charge in [-0.05, 0) is 76.8 Å². The molecule has 0 spiro atoms. The minimum Gasteiger partial charge on any atom is -0.452 e. The average Bonchev–Trinajstić information content (AvgIpc) is 2.59. The van der Waals surface area contributed by atoms with E-state index in [0.29, 0.717) is 0 Å². The van der Waals surface area contributed by atoms with E-state index in [4.69, 9.17) is 4.42 Å². The first kappa shape index (κ1) is 13.6. The van der Waals surface area contributed by atoms with Crippen LogP contribution in [-0.2, 0) is 6.54 Å². The highest BCUT2D eigenvalue weighted by molar-refractivity contribution is 9.13. The quantitative estimate of drug-likeness (QED) is 0.887. The molecular weight excluding hydrogens is 348 g/mol. The smallest absolute Gasteiger partial charge is 0.183 e. The monoisotopic (exact) mass is 364 g/mol. The van der Waals surface area contributed by atoms with Gasteiger partial charge in [0.1, 0.15) is 5.76 Å². The van der Waals surface area contributed by atoms with E-state index in [1.807, 2.05) is 13.1 Å². The summed E-state index contributed by atoms with van der Waals surface area (Å²) in [5.41, 5.74) is 0. The Labute approximate surface area is 119 Å². The number of halogens is 2. The van der Waals surface area contributed by atoms with Crippen LogP contribution in [0.15, 0.2) is 19.6 Å². The Balaban J connectivity index is 1.90. The lowest BCUT2D eigenvalue weighted by Crippen LogP contribution is -2.38. The fraction of sp³-hybridized carbons (Fsp3) is 0.667. The molecule has 17 heavy (non-hydrogen) atoms. The van der Waals surface area contributed by atoms with Gasteiger partial charge in [0.15, 0.2) is 4.67 Å². The summed E-state index contributed by atoms with van der Waals surface area (Å²) in [7, 11) is 2.03. The summed E-state index contributed by atoms with van der Waals surface area (Å²) in [4.78, 5) is 2.48. The van der Waals surface area contributed by atoms with Crippen molar-refractivity contribution in [1.29, 1.82) is 0 Å². The van der Waals surface area contributed by atoms with Gasteiger partial charge in [-0.3, -0.25) is 4.90 Å². The maximum absolute atomic E-state index is 5.62. The Morgan fingerprint density at radius 2 is 2.35 bits per heavy atom. The zero-order valence-electron chi connectivity index (χ0n) is 10.0. The predicted molar refractivity (Wildman–Crippen MR) is 76.0 cm³/mol. The highest BCUT2D eigenvalue weighted by Gasteiger charge is 2.20. The van der Waals surface area contributed by atoms with Crippen molar-refractivity contribution in [2.45, 2.75) is 19.4 Å². The SMILES string of the molecule is CNCC1CCCN(Cc2cc(Br)c(Br)o2)C1. The van der Waals surface area contributed by atoms with Crippen molar-refractivity contribution in [3.8, 4) is 0 Å². The molecule has 96 valence electrons. The van der Waals surface area contributed by atoms with Crippen molar-refractivity contribution in [3.05, 3.63) is 21.0 Å². The topological polar surface area (TPSA) is 28.4 Å². The molecule has 1 aliphatic rings. The standard InChI is InChI=1S/C12H18Br2N2O/c1-15-6-9-3-2-4-16(7-9)8-10-5-11(13)12(14)17-10/h5,9,15H,2-4,6-8H2,1H3. The lowest BCUT2D eigenvalue weighted by atomic mass is 9.98. The van der Waals surface area contributed by atoms with Crippen LogP contribution in [0.3, 0.4) is 0 Å². The highest BCUT2D eigenvalue weighted by atomic mass is 79.9. The third-order valence-electron chi connectivity index (χ3n) is 3.17. The molecule has 2 rings (SSSR count). The van der Waals surface area contributed by atoms with Crippen molar-refractivity contribution < 1.29 is 4.42 Å². The fourth-order valence-electron chi connectivity index (χ4n) is 2.44. The molecule has 0 radical (unpaired) electrons. The van der Waals surface area contributed by atoms with Gasteiger partial charge in [-0.25, -0.2) is 0 Å². The second-order valence-corrected chi connectivity index (χ2v) is 6.21. The van der Waals surface area contributed by atoms with E-state index in [2.05, 4.69) is 42.1 Å². The van der Waals surface area contributed by atoms with Gasteiger partial charge in [-0.2, -0.15) is 0 Å². The third kappa shape index (κ3) is 3.81. The van der Waals surface area contributed by atoms with Crippen LogP contribution in [0.2, 0.25) is 0 Å². The Morgan fingerprint density at radius 1 is 1.53 bits per heavy atom. The molecule has 1 aromatic heterocycles. The van der Waals surface area contributed by atoms with E-state index >= 15 is 0 Å². The molecule has 0 amide bonds. The number of hydrogen-bond acceptors (Lipinski definition) is 3. The summed E-state index contributed by atoms with van der Waals surface area (Å²) in [6, 6.07) is 2.05. The first-order chi connectivity index (χ1) is 8.19. The number of hydrogen-bond donors (Lipinski definition) is 1. The van der Waals surface area contributed by atoms with Gasteiger partial charge in [0.2, 0.25) is 0 Å². The van der Waals surface area contributed by atoms with Gasteiger partial charge < -0.3 is 9.73 Å². The van der Waals surface area contributed by atoms with Gasteiger partial charge in [-0.1, -0.05) is 0 Å². The van der Waals surface area contributed by atoms with Crippen LogP contribution in [0.1, 0.15) is 18.6 Å². The van der Waals surface area contributed by atoms with Gasteiger partial charge in [0.05, 0.1) is 11.0 Å². The molecule has 1 saturated heterocycles. The number of nitrogens with zero attached hydrogens (tertiary/aromatic N) is 1. The Kier molecular flexibility index (Phi) is 5.09. The van der Waals surface area contributed by atoms with Crippen LogP contribution >= 0.6 is 31.9 Å². The molecule has 1 fully saturated rings. The third-order valence-corrected chi connectivity index (χ3v) is 4.88. The molecule has 0 saturated carbocycles. The maximum atomic E-state index is 5.62. The van der Waals surface area contributed by atoms with E-state index in [0.717, 1.165) is 40.5 Å². The average molecular weight is 366 g/mol. The van der Waals surface area contributed by atoms with E-state index < -0.39 is 0 Å². The first-order valence-corrected chi connectivity index (χ1v) is 7.58. The zero-order valence-corrected chi connectivity index (χ0v) is 13.2. The van der Waals surface area contributed by atoms with E-state index in [-0.39, 0.29) is 0 Å².